The molecule has 184 valence electrons. The molecule has 11 nitrogen and oxygen atoms in total. The van der Waals surface area contributed by atoms with Crippen LogP contribution in [0.2, 0.25) is 0 Å². The maximum Gasteiger partial charge on any atom is 0.331 e. The molecular weight excluding hydrogens is 452 g/mol. The van der Waals surface area contributed by atoms with E-state index < -0.39 is 43.3 Å². The van der Waals surface area contributed by atoms with Crippen LogP contribution in [0.4, 0.5) is 0 Å². The largest absolute Gasteiger partial charge is 0.504 e. The molecule has 0 spiro atoms. The molecule has 5 atom stereocenters. The summed E-state index contributed by atoms with van der Waals surface area (Å²) in [7, 11) is 0. The summed E-state index contributed by atoms with van der Waals surface area (Å²) in [6.07, 6.45) is -4.54. The maximum absolute atomic E-state index is 12.3. The Morgan fingerprint density at radius 1 is 0.941 bits per heavy atom. The van der Waals surface area contributed by atoms with Gasteiger partial charge in [-0.05, 0) is 47.9 Å². The van der Waals surface area contributed by atoms with E-state index >= 15 is 0 Å². The lowest BCUT2D eigenvalue weighted by atomic mass is 9.99. The molecule has 0 amide bonds. The first-order chi connectivity index (χ1) is 16.2. The third-order valence-corrected chi connectivity index (χ3v) is 5.20. The number of carbonyl (C=O) groups excluding carboxylic acids is 1. The lowest BCUT2D eigenvalue weighted by Crippen LogP contribution is -2.60. The van der Waals surface area contributed by atoms with E-state index in [0.29, 0.717) is 11.1 Å². The smallest absolute Gasteiger partial charge is 0.331 e. The molecule has 5 unspecified atom stereocenters. The Labute approximate surface area is 194 Å². The molecule has 11 heteroatoms. The van der Waals surface area contributed by atoms with Gasteiger partial charge in [0.05, 0.1) is 13.2 Å². The number of benzene rings is 2. The average Bonchev–Trinajstić information content (AvgIpc) is 2.81. The van der Waals surface area contributed by atoms with Crippen LogP contribution < -0.4 is 0 Å². The SMILES string of the molecule is O=C(C=Cc1ccc(O)c(O)c1)OC1C(O)C(CO)OC(OCCc2ccc(O)c(O)c2)C1O. The third-order valence-electron chi connectivity index (χ3n) is 5.20. The van der Waals surface area contributed by atoms with Crippen LogP contribution in [0.5, 0.6) is 23.0 Å². The first-order valence-electron chi connectivity index (χ1n) is 10.3. The van der Waals surface area contributed by atoms with Gasteiger partial charge in [0.2, 0.25) is 0 Å². The average molecular weight is 478 g/mol. The fourth-order valence-corrected chi connectivity index (χ4v) is 3.33. The fourth-order valence-electron chi connectivity index (χ4n) is 3.33. The van der Waals surface area contributed by atoms with Crippen molar-refractivity contribution in [2.75, 3.05) is 13.2 Å². The van der Waals surface area contributed by atoms with E-state index in [1.165, 1.54) is 36.4 Å². The van der Waals surface area contributed by atoms with Crippen LogP contribution in [0.25, 0.3) is 6.08 Å². The first kappa shape index (κ1) is 25.3. The van der Waals surface area contributed by atoms with Crippen molar-refractivity contribution in [2.45, 2.75) is 37.1 Å². The second-order valence-electron chi connectivity index (χ2n) is 7.63. The van der Waals surface area contributed by atoms with Gasteiger partial charge in [0.1, 0.15) is 18.3 Å². The summed E-state index contributed by atoms with van der Waals surface area (Å²) in [6, 6.07) is 8.13. The number of phenolic OH excluding ortho intramolecular Hbond substituents is 4. The summed E-state index contributed by atoms with van der Waals surface area (Å²) < 4.78 is 16.1. The van der Waals surface area contributed by atoms with Crippen molar-refractivity contribution in [3.05, 3.63) is 53.6 Å². The second-order valence-corrected chi connectivity index (χ2v) is 7.63. The minimum atomic E-state index is -1.58. The number of rotatable bonds is 8. The zero-order valence-corrected chi connectivity index (χ0v) is 17.9. The van der Waals surface area contributed by atoms with Gasteiger partial charge in [0, 0.05) is 6.08 Å². The summed E-state index contributed by atoms with van der Waals surface area (Å²) in [6.45, 7) is -0.624. The number of hydrogen-bond donors (Lipinski definition) is 7. The molecule has 7 N–H and O–H groups in total. The van der Waals surface area contributed by atoms with Crippen molar-refractivity contribution in [2.24, 2.45) is 0 Å². The molecule has 2 aromatic carbocycles. The Morgan fingerprint density at radius 3 is 2.26 bits per heavy atom. The molecule has 2 aromatic rings. The highest BCUT2D eigenvalue weighted by atomic mass is 16.7. The number of hydrogen-bond acceptors (Lipinski definition) is 11. The normalized spacial score (nSPS) is 24.9. The van der Waals surface area contributed by atoms with Gasteiger partial charge in [-0.25, -0.2) is 4.79 Å². The number of aliphatic hydroxyl groups excluding tert-OH is 3. The molecule has 1 aliphatic heterocycles. The van der Waals surface area contributed by atoms with Crippen LogP contribution in [0, 0.1) is 0 Å². The molecule has 34 heavy (non-hydrogen) atoms. The van der Waals surface area contributed by atoms with Crippen molar-refractivity contribution in [3.63, 3.8) is 0 Å². The molecular formula is C23H26O11. The number of phenols is 4. The van der Waals surface area contributed by atoms with Gasteiger partial charge in [-0.2, -0.15) is 0 Å². The Kier molecular flexibility index (Phi) is 8.31. The van der Waals surface area contributed by atoms with Crippen molar-refractivity contribution in [3.8, 4) is 23.0 Å². The minimum absolute atomic E-state index is 0.00506. The predicted molar refractivity (Wildman–Crippen MR) is 116 cm³/mol. The summed E-state index contributed by atoms with van der Waals surface area (Å²) in [5.41, 5.74) is 1.02. The van der Waals surface area contributed by atoms with E-state index in [1.54, 1.807) is 6.07 Å². The van der Waals surface area contributed by atoms with Gasteiger partial charge in [-0.3, -0.25) is 0 Å². The number of esters is 1. The van der Waals surface area contributed by atoms with E-state index in [4.69, 9.17) is 14.2 Å². The molecule has 1 heterocycles. The first-order valence-corrected chi connectivity index (χ1v) is 10.3. The van der Waals surface area contributed by atoms with Crippen LogP contribution in [0.3, 0.4) is 0 Å². The standard InChI is InChI=1S/C23H26O11/c24-11-18-20(30)22(34-19(29)6-3-12-1-4-14(25)16(27)9-12)21(31)23(33-18)32-8-7-13-2-5-15(26)17(28)10-13/h1-6,9-10,18,20-28,30-31H,7-8,11H2. The maximum atomic E-state index is 12.3. The molecule has 0 radical (unpaired) electrons. The van der Waals surface area contributed by atoms with Gasteiger partial charge in [-0.1, -0.05) is 12.1 Å². The Morgan fingerprint density at radius 2 is 1.62 bits per heavy atom. The van der Waals surface area contributed by atoms with Crippen LogP contribution in [0.1, 0.15) is 11.1 Å². The van der Waals surface area contributed by atoms with Crippen LogP contribution in [-0.2, 0) is 25.4 Å². The number of aromatic hydroxyl groups is 4. The molecule has 1 aliphatic rings. The van der Waals surface area contributed by atoms with Crippen molar-refractivity contribution >= 4 is 12.0 Å². The highest BCUT2D eigenvalue weighted by molar-refractivity contribution is 5.87. The van der Waals surface area contributed by atoms with Gasteiger partial charge >= 0.3 is 5.97 Å². The number of aliphatic hydroxyl groups is 3. The van der Waals surface area contributed by atoms with Crippen molar-refractivity contribution < 1.29 is 54.8 Å². The molecule has 1 fully saturated rings. The molecule has 3 rings (SSSR count). The van der Waals surface area contributed by atoms with E-state index in [9.17, 15) is 40.5 Å². The second kappa shape index (κ2) is 11.2. The highest BCUT2D eigenvalue weighted by Gasteiger charge is 2.47. The monoisotopic (exact) mass is 478 g/mol. The van der Waals surface area contributed by atoms with E-state index in [2.05, 4.69) is 0 Å². The van der Waals surface area contributed by atoms with Crippen molar-refractivity contribution in [1.29, 1.82) is 0 Å². The molecule has 0 aromatic heterocycles. The van der Waals surface area contributed by atoms with Gasteiger partial charge in [-0.15, -0.1) is 0 Å². The Hall–Kier alpha value is -3.35. The predicted octanol–water partition coefficient (Wildman–Crippen LogP) is 0.132. The zero-order chi connectivity index (χ0) is 24.8. The fraction of sp³-hybridized carbons (Fsp3) is 0.348. The van der Waals surface area contributed by atoms with Crippen molar-refractivity contribution in [1.82, 2.24) is 0 Å². The Bertz CT molecular complexity index is 1020. The topological polar surface area (TPSA) is 186 Å². The molecule has 0 saturated carbocycles. The quantitative estimate of drug-likeness (QED) is 0.155. The lowest BCUT2D eigenvalue weighted by molar-refractivity contribution is -0.302. The summed E-state index contributed by atoms with van der Waals surface area (Å²) in [5, 5.41) is 68.2. The zero-order valence-electron chi connectivity index (χ0n) is 17.9. The summed E-state index contributed by atoms with van der Waals surface area (Å²) >= 11 is 0. The van der Waals surface area contributed by atoms with Crippen LogP contribution in [0.15, 0.2) is 42.5 Å². The van der Waals surface area contributed by atoms with E-state index in [0.717, 1.165) is 6.08 Å². The Balaban J connectivity index is 1.62. The highest BCUT2D eigenvalue weighted by Crippen LogP contribution is 2.28. The van der Waals surface area contributed by atoms with Crippen LogP contribution >= 0.6 is 0 Å². The van der Waals surface area contributed by atoms with Gasteiger partial charge in [0.15, 0.2) is 35.4 Å². The van der Waals surface area contributed by atoms with E-state index in [-0.39, 0.29) is 36.0 Å². The van der Waals surface area contributed by atoms with Crippen LogP contribution in [-0.4, -0.2) is 85.6 Å². The summed E-state index contributed by atoms with van der Waals surface area (Å²) in [4.78, 5) is 12.3. The van der Waals surface area contributed by atoms with Gasteiger partial charge < -0.3 is 50.0 Å². The molecule has 0 aliphatic carbocycles. The lowest BCUT2D eigenvalue weighted by Gasteiger charge is -2.41. The molecule has 1 saturated heterocycles. The number of ether oxygens (including phenoxy) is 3. The van der Waals surface area contributed by atoms with Gasteiger partial charge in [0.25, 0.3) is 0 Å². The summed E-state index contributed by atoms with van der Waals surface area (Å²) in [5.74, 6) is -2.18. The third kappa shape index (κ3) is 6.16. The number of carbonyl (C=O) groups is 1. The van der Waals surface area contributed by atoms with E-state index in [1.807, 2.05) is 0 Å². The molecule has 0 bridgehead atoms. The minimum Gasteiger partial charge on any atom is -0.504 e.